The molecule has 1 N–H and O–H groups in total. The lowest BCUT2D eigenvalue weighted by molar-refractivity contribution is -0.162. The molecule has 2 aliphatic rings. The van der Waals surface area contributed by atoms with Crippen molar-refractivity contribution in [2.75, 3.05) is 20.1 Å². The highest BCUT2D eigenvalue weighted by molar-refractivity contribution is 7.09. The van der Waals surface area contributed by atoms with Crippen LogP contribution >= 0.6 is 11.3 Å². The number of aliphatic hydroxyl groups excluding tert-OH is 1. The van der Waals surface area contributed by atoms with Crippen LogP contribution in [0.1, 0.15) is 35.9 Å². The van der Waals surface area contributed by atoms with Crippen molar-refractivity contribution in [2.24, 2.45) is 5.41 Å². The Labute approximate surface area is 158 Å². The molecule has 1 aromatic carbocycles. The Balaban J connectivity index is 1.54. The average molecular weight is 372 g/mol. The first-order valence-electron chi connectivity index (χ1n) is 9.20. The van der Waals surface area contributed by atoms with Gasteiger partial charge in [0, 0.05) is 25.2 Å². The van der Waals surface area contributed by atoms with Crippen LogP contribution in [0, 0.1) is 5.41 Å². The molecule has 2 saturated heterocycles. The Morgan fingerprint density at radius 3 is 2.88 bits per heavy atom. The zero-order chi connectivity index (χ0) is 18.1. The first-order valence-corrected chi connectivity index (χ1v) is 10.1. The van der Waals surface area contributed by atoms with Crippen LogP contribution in [-0.2, 0) is 11.3 Å². The van der Waals surface area contributed by atoms with Gasteiger partial charge in [0.05, 0.1) is 24.1 Å². The van der Waals surface area contributed by atoms with Crippen molar-refractivity contribution in [3.05, 3.63) is 52.5 Å². The van der Waals surface area contributed by atoms with E-state index in [0.29, 0.717) is 13.0 Å². The number of nitrogens with zero attached hydrogens (tertiary/aromatic N) is 3. The third-order valence-electron chi connectivity index (χ3n) is 5.79. The van der Waals surface area contributed by atoms with Crippen molar-refractivity contribution in [3.8, 4) is 0 Å². The number of hydrogen-bond acceptors (Lipinski definition) is 5. The number of aromatic nitrogens is 1. The van der Waals surface area contributed by atoms with Gasteiger partial charge in [-0.15, -0.1) is 11.3 Å². The highest BCUT2D eigenvalue weighted by atomic mass is 32.1. The molecule has 0 aliphatic carbocycles. The molecule has 2 fully saturated rings. The second-order valence-corrected chi connectivity index (χ2v) is 8.54. The zero-order valence-corrected chi connectivity index (χ0v) is 15.9. The normalized spacial score (nSPS) is 30.1. The van der Waals surface area contributed by atoms with Gasteiger partial charge in [0.1, 0.15) is 5.01 Å². The zero-order valence-electron chi connectivity index (χ0n) is 15.0. The van der Waals surface area contributed by atoms with Crippen molar-refractivity contribution < 1.29 is 9.90 Å². The van der Waals surface area contributed by atoms with E-state index in [0.717, 1.165) is 36.5 Å². The first kappa shape index (κ1) is 17.6. The van der Waals surface area contributed by atoms with E-state index in [1.807, 2.05) is 49.0 Å². The number of thiazole rings is 1. The number of carbonyl (C=O) groups excluding carboxylic acids is 1. The monoisotopic (exact) mass is 371 g/mol. The molecular formula is C20H25N3O2S. The van der Waals surface area contributed by atoms with E-state index < -0.39 is 11.5 Å². The van der Waals surface area contributed by atoms with E-state index in [2.05, 4.69) is 9.88 Å². The number of aliphatic hydroxyl groups is 1. The van der Waals surface area contributed by atoms with E-state index in [9.17, 15) is 9.90 Å². The summed E-state index contributed by atoms with van der Waals surface area (Å²) in [7, 11) is 1.84. The number of hydrogen-bond donors (Lipinski definition) is 1. The lowest BCUT2D eigenvalue weighted by Crippen LogP contribution is -2.59. The van der Waals surface area contributed by atoms with Gasteiger partial charge in [0.15, 0.2) is 0 Å². The summed E-state index contributed by atoms with van der Waals surface area (Å²) in [6.07, 6.45) is 3.65. The standard InChI is InChI=1S/C20H25N3O2S/c1-22-18(15-6-3-2-4-7-15)16(24)12-20(19(22)25)8-5-10-23(14-20)13-17-21-9-11-26-17/h2-4,6-7,9,11,16,18,24H,5,8,10,12-14H2,1H3/t16-,18+,20-/m1/s1. The van der Waals surface area contributed by atoms with E-state index >= 15 is 0 Å². The second-order valence-electron chi connectivity index (χ2n) is 7.56. The molecular weight excluding hydrogens is 346 g/mol. The minimum absolute atomic E-state index is 0.167. The molecule has 3 heterocycles. The summed E-state index contributed by atoms with van der Waals surface area (Å²) in [4.78, 5) is 21.8. The second kappa shape index (κ2) is 7.10. The van der Waals surface area contributed by atoms with Crippen LogP contribution in [0.25, 0.3) is 0 Å². The predicted octanol–water partition coefficient (Wildman–Crippen LogP) is 2.69. The molecule has 1 spiro atoms. The van der Waals surface area contributed by atoms with Crippen LogP contribution in [0.15, 0.2) is 41.9 Å². The molecule has 0 bridgehead atoms. The van der Waals surface area contributed by atoms with Gasteiger partial charge in [-0.25, -0.2) is 4.98 Å². The first-order chi connectivity index (χ1) is 12.6. The number of amides is 1. The summed E-state index contributed by atoms with van der Waals surface area (Å²) in [5.74, 6) is 0.167. The molecule has 3 atom stereocenters. The van der Waals surface area contributed by atoms with Gasteiger partial charge in [-0.3, -0.25) is 9.69 Å². The molecule has 0 radical (unpaired) electrons. The predicted molar refractivity (Wildman–Crippen MR) is 102 cm³/mol. The van der Waals surface area contributed by atoms with E-state index in [-0.39, 0.29) is 11.9 Å². The minimum atomic E-state index is -0.542. The fourth-order valence-electron chi connectivity index (χ4n) is 4.68. The number of piperidine rings is 2. The van der Waals surface area contributed by atoms with Crippen LogP contribution in [0.3, 0.4) is 0 Å². The third kappa shape index (κ3) is 3.17. The van der Waals surface area contributed by atoms with Crippen LogP contribution < -0.4 is 0 Å². The Hall–Kier alpha value is -1.76. The van der Waals surface area contributed by atoms with E-state index in [4.69, 9.17) is 0 Å². The van der Waals surface area contributed by atoms with Gasteiger partial charge in [-0.2, -0.15) is 0 Å². The number of carbonyl (C=O) groups is 1. The topological polar surface area (TPSA) is 56.7 Å². The van der Waals surface area contributed by atoms with E-state index in [1.165, 1.54) is 0 Å². The van der Waals surface area contributed by atoms with Gasteiger partial charge in [0.25, 0.3) is 0 Å². The number of likely N-dealkylation sites (N-methyl/N-ethyl adjacent to an activating group) is 1. The highest BCUT2D eigenvalue weighted by Crippen LogP contribution is 2.45. The quantitative estimate of drug-likeness (QED) is 0.901. The van der Waals surface area contributed by atoms with Crippen molar-refractivity contribution in [3.63, 3.8) is 0 Å². The van der Waals surface area contributed by atoms with Crippen LogP contribution in [0.2, 0.25) is 0 Å². The van der Waals surface area contributed by atoms with Crippen molar-refractivity contribution in [1.82, 2.24) is 14.8 Å². The SMILES string of the molecule is CN1C(=O)[C@]2(CCCN(Cc3nccs3)C2)C[C@@H](O)[C@@H]1c1ccccc1. The molecule has 6 heteroatoms. The largest absolute Gasteiger partial charge is 0.391 e. The molecule has 0 unspecified atom stereocenters. The summed E-state index contributed by atoms with van der Waals surface area (Å²) in [5, 5.41) is 14.0. The number of likely N-dealkylation sites (tertiary alicyclic amines) is 2. The van der Waals surface area contributed by atoms with Gasteiger partial charge in [-0.1, -0.05) is 30.3 Å². The average Bonchev–Trinajstić information content (AvgIpc) is 3.14. The molecule has 2 aromatic rings. The molecule has 2 aliphatic heterocycles. The highest BCUT2D eigenvalue weighted by Gasteiger charge is 2.51. The molecule has 138 valence electrons. The minimum Gasteiger partial charge on any atom is -0.391 e. The van der Waals surface area contributed by atoms with Crippen LogP contribution in [0.5, 0.6) is 0 Å². The van der Waals surface area contributed by atoms with Crippen molar-refractivity contribution in [1.29, 1.82) is 0 Å². The molecule has 1 aromatic heterocycles. The summed E-state index contributed by atoms with van der Waals surface area (Å²) >= 11 is 1.65. The van der Waals surface area contributed by atoms with Crippen LogP contribution in [0.4, 0.5) is 0 Å². The van der Waals surface area contributed by atoms with Crippen molar-refractivity contribution in [2.45, 2.75) is 38.0 Å². The smallest absolute Gasteiger partial charge is 0.230 e. The van der Waals surface area contributed by atoms with Crippen molar-refractivity contribution >= 4 is 17.2 Å². The molecule has 0 saturated carbocycles. The van der Waals surface area contributed by atoms with E-state index in [1.54, 1.807) is 16.2 Å². The summed E-state index contributed by atoms with van der Waals surface area (Å²) in [6.45, 7) is 2.47. The molecule has 4 rings (SSSR count). The summed E-state index contributed by atoms with van der Waals surface area (Å²) < 4.78 is 0. The fraction of sp³-hybridized carbons (Fsp3) is 0.500. The molecule has 26 heavy (non-hydrogen) atoms. The van der Waals surface area contributed by atoms with Gasteiger partial charge in [0.2, 0.25) is 5.91 Å². The third-order valence-corrected chi connectivity index (χ3v) is 6.56. The van der Waals surface area contributed by atoms with Crippen LogP contribution in [-0.4, -0.2) is 52.0 Å². The maximum Gasteiger partial charge on any atom is 0.230 e. The van der Waals surface area contributed by atoms with Gasteiger partial charge < -0.3 is 10.0 Å². The summed E-state index contributed by atoms with van der Waals surface area (Å²) in [6, 6.07) is 9.60. The fourth-order valence-corrected chi connectivity index (χ4v) is 5.34. The maximum absolute atomic E-state index is 13.4. The van der Waals surface area contributed by atoms with Gasteiger partial charge >= 0.3 is 0 Å². The maximum atomic E-state index is 13.4. The lowest BCUT2D eigenvalue weighted by atomic mass is 9.69. The lowest BCUT2D eigenvalue weighted by Gasteiger charge is -2.51. The summed E-state index contributed by atoms with van der Waals surface area (Å²) in [5.41, 5.74) is 0.524. The number of benzene rings is 1. The Bertz CT molecular complexity index is 752. The van der Waals surface area contributed by atoms with Gasteiger partial charge in [-0.05, 0) is 31.4 Å². The number of rotatable bonds is 3. The Kier molecular flexibility index (Phi) is 4.82. The molecule has 1 amide bonds. The Morgan fingerprint density at radius 1 is 1.35 bits per heavy atom. The molecule has 5 nitrogen and oxygen atoms in total. The Morgan fingerprint density at radius 2 is 2.15 bits per heavy atom.